The van der Waals surface area contributed by atoms with Gasteiger partial charge in [0, 0.05) is 0 Å². The molecular formula is C12H14BrNO3. The molecule has 0 aromatic heterocycles. The van der Waals surface area contributed by atoms with Gasteiger partial charge in [0.15, 0.2) is 5.78 Å². The zero-order valence-electron chi connectivity index (χ0n) is 9.23. The van der Waals surface area contributed by atoms with Crippen LogP contribution in [0.1, 0.15) is 12.0 Å². The summed E-state index contributed by atoms with van der Waals surface area (Å²) in [4.78, 5) is 22.1. The molecule has 0 bridgehead atoms. The van der Waals surface area contributed by atoms with Gasteiger partial charge in [-0.25, -0.2) is 4.79 Å². The Hall–Kier alpha value is -1.36. The molecule has 4 nitrogen and oxygen atoms in total. The Kier molecular flexibility index (Phi) is 5.69. The third-order valence-corrected chi connectivity index (χ3v) is 2.94. The predicted molar refractivity (Wildman–Crippen MR) is 68.5 cm³/mol. The van der Waals surface area contributed by atoms with Gasteiger partial charge in [0.2, 0.25) is 0 Å². The van der Waals surface area contributed by atoms with Crippen molar-refractivity contribution in [2.24, 2.45) is 0 Å². The molecule has 0 saturated heterocycles. The highest BCUT2D eigenvalue weighted by Gasteiger charge is 2.18. The maximum absolute atomic E-state index is 11.5. The van der Waals surface area contributed by atoms with Crippen LogP contribution in [0.4, 0.5) is 4.79 Å². The van der Waals surface area contributed by atoms with Gasteiger partial charge >= 0.3 is 6.09 Å². The van der Waals surface area contributed by atoms with Crippen molar-refractivity contribution in [1.82, 2.24) is 5.32 Å². The third kappa shape index (κ3) is 4.99. The van der Waals surface area contributed by atoms with Crippen molar-refractivity contribution in [2.45, 2.75) is 18.9 Å². The van der Waals surface area contributed by atoms with E-state index in [1.54, 1.807) is 0 Å². The molecule has 5 heteroatoms. The molecule has 92 valence electrons. The van der Waals surface area contributed by atoms with E-state index in [2.05, 4.69) is 21.2 Å². The first-order chi connectivity index (χ1) is 8.13. The first-order valence-corrected chi connectivity index (χ1v) is 6.37. The van der Waals surface area contributed by atoms with Crippen LogP contribution in [-0.4, -0.2) is 28.4 Å². The molecule has 0 heterocycles. The monoisotopic (exact) mass is 299 g/mol. The lowest BCUT2D eigenvalue weighted by Crippen LogP contribution is -2.41. The first-order valence-electron chi connectivity index (χ1n) is 5.25. The molecule has 17 heavy (non-hydrogen) atoms. The van der Waals surface area contributed by atoms with Crippen molar-refractivity contribution in [3.63, 3.8) is 0 Å². The number of hydrogen-bond acceptors (Lipinski definition) is 2. The maximum Gasteiger partial charge on any atom is 0.405 e. The van der Waals surface area contributed by atoms with Crippen LogP contribution < -0.4 is 5.32 Å². The molecule has 1 aromatic rings. The summed E-state index contributed by atoms with van der Waals surface area (Å²) in [6, 6.07) is 9.02. The molecule has 0 aliphatic heterocycles. The SMILES string of the molecule is O=C(O)NC(CCc1ccccc1)C(=O)CBr. The van der Waals surface area contributed by atoms with E-state index < -0.39 is 12.1 Å². The van der Waals surface area contributed by atoms with Gasteiger partial charge in [-0.05, 0) is 18.4 Å². The minimum Gasteiger partial charge on any atom is -0.465 e. The molecule has 1 unspecified atom stereocenters. The molecule has 0 aliphatic rings. The quantitative estimate of drug-likeness (QED) is 0.792. The van der Waals surface area contributed by atoms with Crippen LogP contribution in [0.25, 0.3) is 0 Å². The minimum absolute atomic E-state index is 0.150. The van der Waals surface area contributed by atoms with E-state index in [4.69, 9.17) is 5.11 Å². The van der Waals surface area contributed by atoms with Crippen LogP contribution in [0.5, 0.6) is 0 Å². The molecule has 0 spiro atoms. The van der Waals surface area contributed by atoms with Crippen molar-refractivity contribution in [3.8, 4) is 0 Å². The van der Waals surface area contributed by atoms with E-state index in [0.29, 0.717) is 12.8 Å². The standard InChI is InChI=1S/C12H14BrNO3/c13-8-11(15)10(14-12(16)17)7-6-9-4-2-1-3-5-9/h1-5,10,14H,6-8H2,(H,16,17). The summed E-state index contributed by atoms with van der Waals surface area (Å²) in [7, 11) is 0. The number of nitrogens with one attached hydrogen (secondary N) is 1. The Morgan fingerprint density at radius 3 is 2.47 bits per heavy atom. The highest BCUT2D eigenvalue weighted by molar-refractivity contribution is 9.09. The topological polar surface area (TPSA) is 66.4 Å². The van der Waals surface area contributed by atoms with Gasteiger partial charge in [0.1, 0.15) is 0 Å². The van der Waals surface area contributed by atoms with Gasteiger partial charge in [0.05, 0.1) is 11.4 Å². The smallest absolute Gasteiger partial charge is 0.405 e. The number of aryl methyl sites for hydroxylation is 1. The summed E-state index contributed by atoms with van der Waals surface area (Å²) in [5, 5.41) is 11.0. The number of Topliss-reactive ketones (excluding diaryl/α,β-unsaturated/α-hetero) is 1. The van der Waals surface area contributed by atoms with Crippen molar-refractivity contribution in [2.75, 3.05) is 5.33 Å². The lowest BCUT2D eigenvalue weighted by atomic mass is 10.0. The number of ketones is 1. The summed E-state index contributed by atoms with van der Waals surface area (Å²) in [5.41, 5.74) is 1.09. The first kappa shape index (κ1) is 13.7. The van der Waals surface area contributed by atoms with Crippen LogP contribution in [0, 0.1) is 0 Å². The number of hydrogen-bond donors (Lipinski definition) is 2. The van der Waals surface area contributed by atoms with E-state index in [9.17, 15) is 9.59 Å². The van der Waals surface area contributed by atoms with Gasteiger partial charge in [-0.3, -0.25) is 4.79 Å². The molecule has 1 amide bonds. The van der Waals surface area contributed by atoms with Crippen LogP contribution in [0.15, 0.2) is 30.3 Å². The summed E-state index contributed by atoms with van der Waals surface area (Å²) >= 11 is 3.05. The Labute approximate surface area is 108 Å². The largest absolute Gasteiger partial charge is 0.465 e. The fourth-order valence-corrected chi connectivity index (χ4v) is 1.90. The summed E-state index contributed by atoms with van der Waals surface area (Å²) < 4.78 is 0. The Balaban J connectivity index is 2.55. The predicted octanol–water partition coefficient (Wildman–Crippen LogP) is 2.22. The number of carboxylic acid groups (broad SMARTS) is 1. The van der Waals surface area contributed by atoms with E-state index in [0.717, 1.165) is 5.56 Å². The second-order valence-electron chi connectivity index (χ2n) is 3.63. The maximum atomic E-state index is 11.5. The number of halogens is 1. The van der Waals surface area contributed by atoms with E-state index in [-0.39, 0.29) is 11.1 Å². The van der Waals surface area contributed by atoms with Crippen molar-refractivity contribution < 1.29 is 14.7 Å². The lowest BCUT2D eigenvalue weighted by molar-refractivity contribution is -0.118. The molecule has 2 N–H and O–H groups in total. The van der Waals surface area contributed by atoms with Crippen LogP contribution in [-0.2, 0) is 11.2 Å². The number of amides is 1. The zero-order valence-corrected chi connectivity index (χ0v) is 10.8. The summed E-state index contributed by atoms with van der Waals surface area (Å²) in [6.45, 7) is 0. The summed E-state index contributed by atoms with van der Waals surface area (Å²) in [6.07, 6.45) is -0.0250. The summed E-state index contributed by atoms with van der Waals surface area (Å²) in [5.74, 6) is -0.150. The van der Waals surface area contributed by atoms with Gasteiger partial charge < -0.3 is 10.4 Å². The van der Waals surface area contributed by atoms with E-state index in [1.165, 1.54) is 0 Å². The van der Waals surface area contributed by atoms with Crippen LogP contribution in [0.3, 0.4) is 0 Å². The normalized spacial score (nSPS) is 11.8. The molecule has 1 rings (SSSR count). The highest BCUT2D eigenvalue weighted by Crippen LogP contribution is 2.06. The van der Waals surface area contributed by atoms with Gasteiger partial charge in [-0.2, -0.15) is 0 Å². The third-order valence-electron chi connectivity index (χ3n) is 2.38. The molecular weight excluding hydrogens is 286 g/mol. The van der Waals surface area contributed by atoms with Crippen molar-refractivity contribution in [3.05, 3.63) is 35.9 Å². The fourth-order valence-electron chi connectivity index (χ4n) is 1.51. The number of benzene rings is 1. The average molecular weight is 300 g/mol. The number of carbonyl (C=O) groups excluding carboxylic acids is 1. The van der Waals surface area contributed by atoms with Gasteiger partial charge in [-0.15, -0.1) is 0 Å². The molecule has 0 radical (unpaired) electrons. The van der Waals surface area contributed by atoms with Crippen LogP contribution >= 0.6 is 15.9 Å². The minimum atomic E-state index is -1.17. The lowest BCUT2D eigenvalue weighted by Gasteiger charge is -2.14. The van der Waals surface area contributed by atoms with Gasteiger partial charge in [-0.1, -0.05) is 46.3 Å². The Morgan fingerprint density at radius 1 is 1.29 bits per heavy atom. The molecule has 0 aliphatic carbocycles. The molecule has 1 aromatic carbocycles. The van der Waals surface area contributed by atoms with Crippen molar-refractivity contribution >= 4 is 27.8 Å². The van der Waals surface area contributed by atoms with Crippen molar-refractivity contribution in [1.29, 1.82) is 0 Å². The Bertz CT molecular complexity index is 381. The number of carbonyl (C=O) groups is 2. The molecule has 0 saturated carbocycles. The second kappa shape index (κ2) is 7.06. The van der Waals surface area contributed by atoms with E-state index >= 15 is 0 Å². The van der Waals surface area contributed by atoms with E-state index in [1.807, 2.05) is 30.3 Å². The second-order valence-corrected chi connectivity index (χ2v) is 4.19. The Morgan fingerprint density at radius 2 is 1.94 bits per heavy atom. The number of alkyl halides is 1. The molecule has 1 atom stereocenters. The van der Waals surface area contributed by atoms with Gasteiger partial charge in [0.25, 0.3) is 0 Å². The zero-order chi connectivity index (χ0) is 12.7. The number of rotatable bonds is 6. The highest BCUT2D eigenvalue weighted by atomic mass is 79.9. The average Bonchev–Trinajstić information content (AvgIpc) is 2.34. The van der Waals surface area contributed by atoms with Crippen LogP contribution in [0.2, 0.25) is 0 Å². The fraction of sp³-hybridized carbons (Fsp3) is 0.333. The molecule has 0 fully saturated rings.